The Labute approximate surface area is 86.9 Å². The maximum atomic E-state index is 11.5. The molecule has 0 spiro atoms. The minimum absolute atomic E-state index is 0.206. The summed E-state index contributed by atoms with van der Waals surface area (Å²) in [6, 6.07) is 5.58. The molecule has 1 aromatic rings. The Bertz CT molecular complexity index is 460. The van der Waals surface area contributed by atoms with Crippen molar-refractivity contribution in [2.45, 2.75) is 17.3 Å². The third-order valence-electron chi connectivity index (χ3n) is 1.85. The van der Waals surface area contributed by atoms with Crippen molar-refractivity contribution in [1.29, 1.82) is 0 Å². The van der Waals surface area contributed by atoms with Gasteiger partial charge in [-0.1, -0.05) is 17.7 Å². The maximum Gasteiger partial charge on any atom is 0.348 e. The molecule has 0 heterocycles. The van der Waals surface area contributed by atoms with Gasteiger partial charge in [0.05, 0.1) is 4.90 Å². The summed E-state index contributed by atoms with van der Waals surface area (Å²) < 4.78 is 22.9. The van der Waals surface area contributed by atoms with Gasteiger partial charge in [-0.3, -0.25) is 0 Å². The number of carbonyl (C=O) groups is 1. The highest BCUT2D eigenvalue weighted by Gasteiger charge is 2.31. The Kier molecular flexibility index (Phi) is 3.11. The van der Waals surface area contributed by atoms with Crippen LogP contribution in [0.4, 0.5) is 0 Å². The quantitative estimate of drug-likeness (QED) is 0.772. The van der Waals surface area contributed by atoms with E-state index in [1.165, 1.54) is 24.3 Å². The summed E-state index contributed by atoms with van der Waals surface area (Å²) in [6.07, 6.45) is 0. The van der Waals surface area contributed by atoms with Gasteiger partial charge >= 0.3 is 5.97 Å². The number of aliphatic carboxylic acids is 1. The molecule has 0 aliphatic carbocycles. The average molecular weight is 230 g/mol. The number of carboxylic acids is 1. The highest BCUT2D eigenvalue weighted by Crippen LogP contribution is 2.15. The molecule has 2 N–H and O–H groups in total. The van der Waals surface area contributed by atoms with Gasteiger partial charge in [0.25, 0.3) is 5.44 Å². The number of sulfone groups is 1. The monoisotopic (exact) mass is 230 g/mol. The van der Waals surface area contributed by atoms with E-state index in [1.54, 1.807) is 6.92 Å². The lowest BCUT2D eigenvalue weighted by Crippen LogP contribution is -2.29. The number of hydrogen-bond donors (Lipinski definition) is 2. The van der Waals surface area contributed by atoms with E-state index in [2.05, 4.69) is 0 Å². The molecule has 5 nitrogen and oxygen atoms in total. The van der Waals surface area contributed by atoms with Crippen LogP contribution in [0.1, 0.15) is 5.56 Å². The largest absolute Gasteiger partial charge is 0.479 e. The number of carboxylic acid groups (broad SMARTS) is 1. The fraction of sp³-hybridized carbons (Fsp3) is 0.222. The van der Waals surface area contributed by atoms with Crippen molar-refractivity contribution in [3.63, 3.8) is 0 Å². The van der Waals surface area contributed by atoms with Gasteiger partial charge in [-0.15, -0.1) is 0 Å². The molecular formula is C9H10O5S. The zero-order valence-corrected chi connectivity index (χ0v) is 8.73. The van der Waals surface area contributed by atoms with Gasteiger partial charge in [-0.05, 0) is 19.1 Å². The summed E-state index contributed by atoms with van der Waals surface area (Å²) in [7, 11) is -4.20. The van der Waals surface area contributed by atoms with Crippen LogP contribution in [-0.4, -0.2) is 30.0 Å². The van der Waals surface area contributed by atoms with E-state index >= 15 is 0 Å². The second-order valence-corrected chi connectivity index (χ2v) is 5.06. The standard InChI is InChI=1S/C9H10O5S/c1-6-2-4-7(5-3-6)15(13,14)9(12)8(10)11/h2-5,9,12H,1H3,(H,10,11). The molecule has 6 heteroatoms. The number of aliphatic hydroxyl groups excluding tert-OH is 1. The Morgan fingerprint density at radius 1 is 1.27 bits per heavy atom. The molecule has 0 aliphatic heterocycles. The van der Waals surface area contributed by atoms with Crippen LogP contribution in [-0.2, 0) is 14.6 Å². The summed E-state index contributed by atoms with van der Waals surface area (Å²) >= 11 is 0. The van der Waals surface area contributed by atoms with Crippen LogP contribution in [0.5, 0.6) is 0 Å². The lowest BCUT2D eigenvalue weighted by Gasteiger charge is -2.07. The average Bonchev–Trinajstić information content (AvgIpc) is 2.17. The summed E-state index contributed by atoms with van der Waals surface area (Å²) in [4.78, 5) is 10.2. The Balaban J connectivity index is 3.17. The van der Waals surface area contributed by atoms with E-state index in [-0.39, 0.29) is 4.90 Å². The van der Waals surface area contributed by atoms with Gasteiger partial charge in [-0.25, -0.2) is 13.2 Å². The van der Waals surface area contributed by atoms with E-state index in [9.17, 15) is 13.2 Å². The molecule has 82 valence electrons. The van der Waals surface area contributed by atoms with Crippen molar-refractivity contribution < 1.29 is 23.4 Å². The molecule has 0 fully saturated rings. The number of rotatable bonds is 3. The Morgan fingerprint density at radius 3 is 2.13 bits per heavy atom. The van der Waals surface area contributed by atoms with Crippen LogP contribution >= 0.6 is 0 Å². The Morgan fingerprint density at radius 2 is 1.73 bits per heavy atom. The highest BCUT2D eigenvalue weighted by molar-refractivity contribution is 7.92. The van der Waals surface area contributed by atoms with Crippen LogP contribution in [0.15, 0.2) is 29.2 Å². The predicted molar refractivity (Wildman–Crippen MR) is 52.0 cm³/mol. The van der Waals surface area contributed by atoms with Gasteiger partial charge in [0.2, 0.25) is 9.84 Å². The van der Waals surface area contributed by atoms with Gasteiger partial charge in [0.1, 0.15) is 0 Å². The molecule has 0 aromatic heterocycles. The van der Waals surface area contributed by atoms with Crippen molar-refractivity contribution in [2.24, 2.45) is 0 Å². The summed E-state index contributed by atoms with van der Waals surface area (Å²) in [5, 5.41) is 17.4. The molecule has 0 saturated carbocycles. The lowest BCUT2D eigenvalue weighted by molar-refractivity contribution is -0.142. The predicted octanol–water partition coefficient (Wildman–Crippen LogP) is 0.172. The zero-order valence-electron chi connectivity index (χ0n) is 7.91. The van der Waals surface area contributed by atoms with Gasteiger partial charge in [0, 0.05) is 0 Å². The van der Waals surface area contributed by atoms with Crippen molar-refractivity contribution in [2.75, 3.05) is 0 Å². The van der Waals surface area contributed by atoms with E-state index < -0.39 is 21.2 Å². The normalized spacial score (nSPS) is 13.5. The SMILES string of the molecule is Cc1ccc(S(=O)(=O)C(O)C(=O)O)cc1. The van der Waals surface area contributed by atoms with Gasteiger partial charge in [-0.2, -0.15) is 0 Å². The topological polar surface area (TPSA) is 91.7 Å². The summed E-state index contributed by atoms with van der Waals surface area (Å²) in [5.41, 5.74) is -1.57. The number of hydrogen-bond acceptors (Lipinski definition) is 4. The number of aryl methyl sites for hydroxylation is 1. The molecule has 1 rings (SSSR count). The maximum absolute atomic E-state index is 11.5. The summed E-state index contributed by atoms with van der Waals surface area (Å²) in [5.74, 6) is -1.78. The van der Waals surface area contributed by atoms with Crippen LogP contribution in [0.25, 0.3) is 0 Å². The van der Waals surface area contributed by atoms with Gasteiger partial charge < -0.3 is 10.2 Å². The van der Waals surface area contributed by atoms with E-state index in [0.29, 0.717) is 0 Å². The minimum Gasteiger partial charge on any atom is -0.479 e. The molecule has 0 bridgehead atoms. The van der Waals surface area contributed by atoms with E-state index in [1.807, 2.05) is 0 Å². The molecule has 1 atom stereocenters. The minimum atomic E-state index is -4.20. The second kappa shape index (κ2) is 4.00. The smallest absolute Gasteiger partial charge is 0.348 e. The molecule has 0 aliphatic rings. The van der Waals surface area contributed by atoms with Crippen molar-refractivity contribution in [1.82, 2.24) is 0 Å². The lowest BCUT2D eigenvalue weighted by atomic mass is 10.2. The first-order valence-electron chi connectivity index (χ1n) is 4.07. The zero-order chi connectivity index (χ0) is 11.6. The molecule has 15 heavy (non-hydrogen) atoms. The second-order valence-electron chi connectivity index (χ2n) is 3.05. The summed E-state index contributed by atoms with van der Waals surface area (Å²) in [6.45, 7) is 1.77. The fourth-order valence-corrected chi connectivity index (χ4v) is 2.03. The first-order valence-corrected chi connectivity index (χ1v) is 5.62. The molecule has 1 unspecified atom stereocenters. The van der Waals surface area contributed by atoms with E-state index in [0.717, 1.165) is 5.56 Å². The fourth-order valence-electron chi connectivity index (χ4n) is 0.990. The number of benzene rings is 1. The third kappa shape index (κ3) is 2.34. The molecular weight excluding hydrogens is 220 g/mol. The van der Waals surface area contributed by atoms with Crippen molar-refractivity contribution in [3.05, 3.63) is 29.8 Å². The van der Waals surface area contributed by atoms with Gasteiger partial charge in [0.15, 0.2) is 0 Å². The van der Waals surface area contributed by atoms with Crippen LogP contribution in [0.3, 0.4) is 0 Å². The molecule has 0 amide bonds. The molecule has 0 radical (unpaired) electrons. The van der Waals surface area contributed by atoms with E-state index in [4.69, 9.17) is 10.2 Å². The first kappa shape index (κ1) is 11.7. The first-order chi connectivity index (χ1) is 6.85. The van der Waals surface area contributed by atoms with Crippen LogP contribution in [0, 0.1) is 6.92 Å². The number of aliphatic hydroxyl groups is 1. The van der Waals surface area contributed by atoms with Crippen molar-refractivity contribution in [3.8, 4) is 0 Å². The van der Waals surface area contributed by atoms with Crippen molar-refractivity contribution >= 4 is 15.8 Å². The third-order valence-corrected chi connectivity index (χ3v) is 3.57. The van der Waals surface area contributed by atoms with Crippen LogP contribution < -0.4 is 0 Å². The highest BCUT2D eigenvalue weighted by atomic mass is 32.2. The van der Waals surface area contributed by atoms with Crippen LogP contribution in [0.2, 0.25) is 0 Å². The molecule has 0 saturated heterocycles. The Hall–Kier alpha value is -1.40. The molecule has 1 aromatic carbocycles.